The average molecular weight is 222 g/mol. The zero-order valence-corrected chi connectivity index (χ0v) is 9.51. The molecule has 0 N–H and O–H groups in total. The standard InChI is InChI=1S/C11H18N4O/c1-2-10-8-14(6-7-15(10)4-1)5-3-11-12-9-13-16-11/h9-10H,1-8H2. The lowest BCUT2D eigenvalue weighted by Crippen LogP contribution is -2.50. The van der Waals surface area contributed by atoms with Gasteiger partial charge in [-0.25, -0.2) is 0 Å². The van der Waals surface area contributed by atoms with Crippen LogP contribution in [0.1, 0.15) is 18.7 Å². The summed E-state index contributed by atoms with van der Waals surface area (Å²) in [5.41, 5.74) is 0. The molecule has 5 heteroatoms. The fourth-order valence-corrected chi connectivity index (χ4v) is 2.82. The van der Waals surface area contributed by atoms with Gasteiger partial charge >= 0.3 is 0 Å². The maximum absolute atomic E-state index is 5.01. The molecule has 3 heterocycles. The van der Waals surface area contributed by atoms with E-state index in [2.05, 4.69) is 19.9 Å². The van der Waals surface area contributed by atoms with E-state index in [9.17, 15) is 0 Å². The second-order valence-corrected chi connectivity index (χ2v) is 4.72. The summed E-state index contributed by atoms with van der Waals surface area (Å²) in [6.45, 7) is 5.99. The molecule has 1 aromatic rings. The number of nitrogens with zero attached hydrogens (tertiary/aromatic N) is 4. The van der Waals surface area contributed by atoms with Crippen LogP contribution in [0.3, 0.4) is 0 Å². The molecular formula is C11H18N4O. The first kappa shape index (κ1) is 10.2. The Morgan fingerprint density at radius 3 is 3.25 bits per heavy atom. The molecule has 2 aliphatic rings. The third-order valence-electron chi connectivity index (χ3n) is 3.72. The van der Waals surface area contributed by atoms with Crippen molar-refractivity contribution >= 4 is 0 Å². The van der Waals surface area contributed by atoms with Crippen molar-refractivity contribution in [2.45, 2.75) is 25.3 Å². The third-order valence-corrected chi connectivity index (χ3v) is 3.72. The molecule has 0 aliphatic carbocycles. The molecule has 5 nitrogen and oxygen atoms in total. The van der Waals surface area contributed by atoms with E-state index in [0.717, 1.165) is 24.9 Å². The van der Waals surface area contributed by atoms with Gasteiger partial charge in [0.25, 0.3) is 0 Å². The van der Waals surface area contributed by atoms with Crippen molar-refractivity contribution in [1.29, 1.82) is 0 Å². The van der Waals surface area contributed by atoms with Crippen molar-refractivity contribution in [3.8, 4) is 0 Å². The Labute approximate surface area is 95.4 Å². The number of aromatic nitrogens is 2. The van der Waals surface area contributed by atoms with Gasteiger partial charge in [-0.05, 0) is 19.4 Å². The van der Waals surface area contributed by atoms with Crippen molar-refractivity contribution in [3.63, 3.8) is 0 Å². The van der Waals surface area contributed by atoms with Gasteiger partial charge in [-0.2, -0.15) is 4.98 Å². The molecule has 88 valence electrons. The summed E-state index contributed by atoms with van der Waals surface area (Å²) in [6, 6.07) is 0.802. The van der Waals surface area contributed by atoms with E-state index in [-0.39, 0.29) is 0 Å². The van der Waals surface area contributed by atoms with Crippen LogP contribution >= 0.6 is 0 Å². The van der Waals surface area contributed by atoms with E-state index in [1.54, 1.807) is 0 Å². The Morgan fingerprint density at radius 1 is 1.38 bits per heavy atom. The van der Waals surface area contributed by atoms with E-state index in [4.69, 9.17) is 4.52 Å². The lowest BCUT2D eigenvalue weighted by molar-refractivity contribution is 0.104. The summed E-state index contributed by atoms with van der Waals surface area (Å²) in [5, 5.41) is 3.63. The van der Waals surface area contributed by atoms with E-state index in [1.165, 1.54) is 45.3 Å². The molecule has 0 bridgehead atoms. The van der Waals surface area contributed by atoms with Crippen LogP contribution in [0.15, 0.2) is 10.9 Å². The van der Waals surface area contributed by atoms with Gasteiger partial charge in [-0.15, -0.1) is 0 Å². The van der Waals surface area contributed by atoms with Crippen molar-refractivity contribution in [3.05, 3.63) is 12.2 Å². The van der Waals surface area contributed by atoms with Crippen molar-refractivity contribution in [2.75, 3.05) is 32.7 Å². The fraction of sp³-hybridized carbons (Fsp3) is 0.818. The normalized spacial score (nSPS) is 27.1. The number of piperazine rings is 1. The summed E-state index contributed by atoms with van der Waals surface area (Å²) in [7, 11) is 0. The summed E-state index contributed by atoms with van der Waals surface area (Å²) in [5.74, 6) is 0.758. The summed E-state index contributed by atoms with van der Waals surface area (Å²) >= 11 is 0. The highest BCUT2D eigenvalue weighted by Gasteiger charge is 2.30. The molecule has 0 amide bonds. The maximum atomic E-state index is 5.01. The highest BCUT2D eigenvalue weighted by atomic mass is 16.5. The molecule has 2 saturated heterocycles. The number of hydrogen-bond acceptors (Lipinski definition) is 5. The van der Waals surface area contributed by atoms with Crippen LogP contribution in [-0.2, 0) is 6.42 Å². The Bertz CT molecular complexity index is 327. The van der Waals surface area contributed by atoms with Gasteiger partial charge in [0.2, 0.25) is 5.89 Å². The van der Waals surface area contributed by atoms with Crippen LogP contribution in [0.5, 0.6) is 0 Å². The molecular weight excluding hydrogens is 204 g/mol. The van der Waals surface area contributed by atoms with Gasteiger partial charge in [0.15, 0.2) is 6.33 Å². The minimum Gasteiger partial charge on any atom is -0.340 e. The minimum atomic E-state index is 0.758. The Hall–Kier alpha value is -0.940. The summed E-state index contributed by atoms with van der Waals surface area (Å²) in [4.78, 5) is 9.20. The predicted molar refractivity (Wildman–Crippen MR) is 59.0 cm³/mol. The van der Waals surface area contributed by atoms with Gasteiger partial charge in [0, 0.05) is 38.6 Å². The SMILES string of the molecule is c1noc(CCN2CCN3CCCC3C2)n1. The number of hydrogen-bond donors (Lipinski definition) is 0. The molecule has 1 unspecified atom stereocenters. The molecule has 0 radical (unpaired) electrons. The monoisotopic (exact) mass is 222 g/mol. The first-order valence-electron chi connectivity index (χ1n) is 6.14. The Kier molecular flexibility index (Phi) is 2.88. The van der Waals surface area contributed by atoms with Crippen molar-refractivity contribution in [2.24, 2.45) is 0 Å². The molecule has 0 aromatic carbocycles. The third kappa shape index (κ3) is 2.10. The van der Waals surface area contributed by atoms with E-state index >= 15 is 0 Å². The first-order chi connectivity index (χ1) is 7.92. The molecule has 2 fully saturated rings. The summed E-state index contributed by atoms with van der Waals surface area (Å²) < 4.78 is 5.01. The molecule has 16 heavy (non-hydrogen) atoms. The number of rotatable bonds is 3. The number of fused-ring (bicyclic) bond motifs is 1. The lowest BCUT2D eigenvalue weighted by atomic mass is 10.1. The first-order valence-corrected chi connectivity index (χ1v) is 6.14. The van der Waals surface area contributed by atoms with Crippen LogP contribution < -0.4 is 0 Å². The topological polar surface area (TPSA) is 45.4 Å². The molecule has 2 aliphatic heterocycles. The predicted octanol–water partition coefficient (Wildman–Crippen LogP) is 0.392. The van der Waals surface area contributed by atoms with Gasteiger partial charge < -0.3 is 4.52 Å². The van der Waals surface area contributed by atoms with Crippen LogP contribution in [-0.4, -0.2) is 58.7 Å². The second-order valence-electron chi connectivity index (χ2n) is 4.72. The zero-order valence-electron chi connectivity index (χ0n) is 9.51. The van der Waals surface area contributed by atoms with Gasteiger partial charge in [-0.1, -0.05) is 5.16 Å². The fourth-order valence-electron chi connectivity index (χ4n) is 2.82. The minimum absolute atomic E-state index is 0.758. The largest absolute Gasteiger partial charge is 0.340 e. The van der Waals surface area contributed by atoms with Gasteiger partial charge in [-0.3, -0.25) is 9.80 Å². The molecule has 0 spiro atoms. The van der Waals surface area contributed by atoms with Crippen molar-refractivity contribution in [1.82, 2.24) is 19.9 Å². The van der Waals surface area contributed by atoms with Crippen molar-refractivity contribution < 1.29 is 4.52 Å². The van der Waals surface area contributed by atoms with Crippen LogP contribution in [0, 0.1) is 0 Å². The maximum Gasteiger partial charge on any atom is 0.227 e. The molecule has 1 atom stereocenters. The Morgan fingerprint density at radius 2 is 2.38 bits per heavy atom. The van der Waals surface area contributed by atoms with E-state index in [1.807, 2.05) is 0 Å². The highest BCUT2D eigenvalue weighted by molar-refractivity contribution is 4.88. The lowest BCUT2D eigenvalue weighted by Gasteiger charge is -2.37. The summed E-state index contributed by atoms with van der Waals surface area (Å²) in [6.07, 6.45) is 5.11. The Balaban J connectivity index is 1.49. The average Bonchev–Trinajstić information content (AvgIpc) is 2.97. The molecule has 1 aromatic heterocycles. The van der Waals surface area contributed by atoms with Crippen LogP contribution in [0.4, 0.5) is 0 Å². The van der Waals surface area contributed by atoms with E-state index < -0.39 is 0 Å². The smallest absolute Gasteiger partial charge is 0.227 e. The molecule has 0 saturated carbocycles. The van der Waals surface area contributed by atoms with Gasteiger partial charge in [0.05, 0.1) is 0 Å². The second kappa shape index (κ2) is 4.51. The van der Waals surface area contributed by atoms with E-state index in [0.29, 0.717) is 0 Å². The quantitative estimate of drug-likeness (QED) is 0.740. The van der Waals surface area contributed by atoms with Gasteiger partial charge in [0.1, 0.15) is 0 Å². The van der Waals surface area contributed by atoms with Crippen LogP contribution in [0.2, 0.25) is 0 Å². The highest BCUT2D eigenvalue weighted by Crippen LogP contribution is 2.21. The molecule has 3 rings (SSSR count). The van der Waals surface area contributed by atoms with Crippen LogP contribution in [0.25, 0.3) is 0 Å². The zero-order chi connectivity index (χ0) is 10.8.